The van der Waals surface area contributed by atoms with Crippen molar-refractivity contribution in [3.8, 4) is 5.69 Å². The summed E-state index contributed by atoms with van der Waals surface area (Å²) in [5, 5.41) is 7.74. The smallest absolute Gasteiger partial charge is 0.416 e. The van der Waals surface area contributed by atoms with Crippen LogP contribution in [0.25, 0.3) is 5.69 Å². The molecule has 1 aliphatic heterocycles. The Hall–Kier alpha value is -3.20. The van der Waals surface area contributed by atoms with Crippen LogP contribution in [0.4, 0.5) is 25.2 Å². The first-order valence-electron chi connectivity index (χ1n) is 11.1. The Bertz CT molecular complexity index is 1180. The van der Waals surface area contributed by atoms with Crippen molar-refractivity contribution in [2.45, 2.75) is 38.2 Å². The van der Waals surface area contributed by atoms with Gasteiger partial charge < -0.3 is 10.1 Å². The molecule has 1 saturated heterocycles. The van der Waals surface area contributed by atoms with Gasteiger partial charge >= 0.3 is 6.09 Å². The van der Waals surface area contributed by atoms with Crippen molar-refractivity contribution in [2.24, 2.45) is 5.92 Å². The van der Waals surface area contributed by atoms with E-state index in [9.17, 15) is 13.6 Å². The summed E-state index contributed by atoms with van der Waals surface area (Å²) in [6, 6.07) is 11.2. The van der Waals surface area contributed by atoms with E-state index in [0.29, 0.717) is 42.5 Å². The van der Waals surface area contributed by atoms with E-state index >= 15 is 0 Å². The van der Waals surface area contributed by atoms with Crippen molar-refractivity contribution in [2.75, 3.05) is 23.3 Å². The van der Waals surface area contributed by atoms with Crippen LogP contribution in [0.3, 0.4) is 0 Å². The molecule has 0 unspecified atom stereocenters. The molecular formula is C24H26ClF2N5O2. The van der Waals surface area contributed by atoms with Crippen molar-refractivity contribution in [3.05, 3.63) is 66.0 Å². The summed E-state index contributed by atoms with van der Waals surface area (Å²) in [6.07, 6.45) is 4.33. The van der Waals surface area contributed by atoms with E-state index in [1.54, 1.807) is 37.4 Å². The van der Waals surface area contributed by atoms with Crippen LogP contribution in [0.5, 0.6) is 0 Å². The van der Waals surface area contributed by atoms with Gasteiger partial charge in [0.25, 0.3) is 0 Å². The van der Waals surface area contributed by atoms with E-state index in [0.717, 1.165) is 19.4 Å². The standard InChI is InChI=1S/C24H25F2N5O2.ClH/c1-16-6-7-19(26)22(28-16)30-15-24(33-23(30)32)11-8-17(9-12-24)14-27-21-10-13-31(29-21)20-5-3-2-4-18(20)25;/h2-7,10,13,17H,8-9,11-12,14-15H2,1H3,(H,27,29);1H/t17-,24-;. The van der Waals surface area contributed by atoms with Crippen molar-refractivity contribution in [3.63, 3.8) is 0 Å². The summed E-state index contributed by atoms with van der Waals surface area (Å²) in [5.41, 5.74) is 0.447. The van der Waals surface area contributed by atoms with Crippen LogP contribution in [0.15, 0.2) is 48.7 Å². The molecule has 0 atom stereocenters. The van der Waals surface area contributed by atoms with Crippen molar-refractivity contribution in [1.82, 2.24) is 14.8 Å². The first-order valence-corrected chi connectivity index (χ1v) is 11.1. The predicted molar refractivity (Wildman–Crippen MR) is 127 cm³/mol. The Morgan fingerprint density at radius 3 is 2.65 bits per heavy atom. The van der Waals surface area contributed by atoms with Crippen molar-refractivity contribution >= 4 is 30.1 Å². The van der Waals surface area contributed by atoms with E-state index < -0.39 is 17.5 Å². The normalized spacial score (nSPS) is 21.9. The van der Waals surface area contributed by atoms with Crippen LogP contribution >= 0.6 is 12.4 Å². The van der Waals surface area contributed by atoms with Crippen LogP contribution in [-0.4, -0.2) is 39.5 Å². The Balaban J connectivity index is 0.00000274. The van der Waals surface area contributed by atoms with E-state index in [1.165, 1.54) is 21.7 Å². The van der Waals surface area contributed by atoms with Crippen molar-refractivity contribution < 1.29 is 18.3 Å². The number of ether oxygens (including phenoxy) is 1. The molecule has 1 amide bonds. The molecule has 1 spiro atoms. The topological polar surface area (TPSA) is 72.3 Å². The number of aryl methyl sites for hydroxylation is 1. The fourth-order valence-electron chi connectivity index (χ4n) is 4.61. The maximum Gasteiger partial charge on any atom is 0.416 e. The molecule has 34 heavy (non-hydrogen) atoms. The van der Waals surface area contributed by atoms with Gasteiger partial charge in [-0.05, 0) is 62.8 Å². The van der Waals surface area contributed by atoms with Crippen LogP contribution < -0.4 is 10.2 Å². The predicted octanol–water partition coefficient (Wildman–Crippen LogP) is 5.27. The average Bonchev–Trinajstić information content (AvgIpc) is 3.40. The number of rotatable bonds is 5. The molecule has 1 aromatic carbocycles. The number of carbonyl (C=O) groups excluding carboxylic acids is 1. The number of nitrogens with zero attached hydrogens (tertiary/aromatic N) is 4. The third kappa shape index (κ3) is 4.70. The zero-order chi connectivity index (χ0) is 23.0. The molecule has 0 bridgehead atoms. The highest BCUT2D eigenvalue weighted by atomic mass is 35.5. The van der Waals surface area contributed by atoms with Crippen LogP contribution in [0.2, 0.25) is 0 Å². The highest BCUT2D eigenvalue weighted by Crippen LogP contribution is 2.41. The van der Waals surface area contributed by atoms with Gasteiger partial charge in [0.15, 0.2) is 11.6 Å². The number of aromatic nitrogens is 3. The van der Waals surface area contributed by atoms with E-state index in [1.807, 2.05) is 6.07 Å². The number of nitrogens with one attached hydrogen (secondary N) is 1. The van der Waals surface area contributed by atoms with Gasteiger partial charge in [0, 0.05) is 24.5 Å². The summed E-state index contributed by atoms with van der Waals surface area (Å²) in [5.74, 6) is 0.243. The number of hydrogen-bond acceptors (Lipinski definition) is 5. The Morgan fingerprint density at radius 2 is 1.88 bits per heavy atom. The molecule has 5 rings (SSSR count). The van der Waals surface area contributed by atoms with Gasteiger partial charge in [-0.1, -0.05) is 12.1 Å². The molecule has 1 N–H and O–H groups in total. The molecule has 180 valence electrons. The SMILES string of the molecule is Cc1ccc(F)c(N2C[C@]3(CC[C@@H](CNc4ccn(-c5ccccc5F)n4)CC3)OC2=O)n1.Cl. The lowest BCUT2D eigenvalue weighted by Crippen LogP contribution is -2.40. The minimum Gasteiger partial charge on any atom is -0.441 e. The molecule has 1 aliphatic carbocycles. The monoisotopic (exact) mass is 489 g/mol. The molecule has 2 fully saturated rings. The largest absolute Gasteiger partial charge is 0.441 e. The molecule has 2 aromatic heterocycles. The Labute approximate surface area is 202 Å². The number of pyridine rings is 1. The highest BCUT2D eigenvalue weighted by molar-refractivity contribution is 5.89. The van der Waals surface area contributed by atoms with Gasteiger partial charge in [0.2, 0.25) is 0 Å². The second kappa shape index (κ2) is 9.58. The maximum absolute atomic E-state index is 14.3. The number of para-hydroxylation sites is 1. The van der Waals surface area contributed by atoms with Crippen LogP contribution in [0.1, 0.15) is 31.4 Å². The molecule has 10 heteroatoms. The van der Waals surface area contributed by atoms with Crippen LogP contribution in [-0.2, 0) is 4.74 Å². The van der Waals surface area contributed by atoms with E-state index in [2.05, 4.69) is 15.4 Å². The number of benzene rings is 1. The molecule has 2 aliphatic rings. The number of hydrogen-bond donors (Lipinski definition) is 1. The minimum absolute atomic E-state index is 0. The summed E-state index contributed by atoms with van der Waals surface area (Å²) >= 11 is 0. The second-order valence-corrected chi connectivity index (χ2v) is 8.82. The number of amides is 1. The quantitative estimate of drug-likeness (QED) is 0.528. The first-order chi connectivity index (χ1) is 15.9. The summed E-state index contributed by atoms with van der Waals surface area (Å²) < 4.78 is 35.5. The lowest BCUT2D eigenvalue weighted by Gasteiger charge is -2.35. The summed E-state index contributed by atoms with van der Waals surface area (Å²) in [7, 11) is 0. The van der Waals surface area contributed by atoms with Gasteiger partial charge in [-0.2, -0.15) is 5.10 Å². The Morgan fingerprint density at radius 1 is 1.12 bits per heavy atom. The van der Waals surface area contributed by atoms with E-state index in [4.69, 9.17) is 4.74 Å². The fraction of sp³-hybridized carbons (Fsp3) is 0.375. The third-order valence-electron chi connectivity index (χ3n) is 6.47. The molecule has 7 nitrogen and oxygen atoms in total. The lowest BCUT2D eigenvalue weighted by molar-refractivity contribution is 0.0148. The number of carbonyl (C=O) groups is 1. The molecular weight excluding hydrogens is 464 g/mol. The number of halogens is 3. The maximum atomic E-state index is 14.3. The van der Waals surface area contributed by atoms with Gasteiger partial charge in [0.1, 0.15) is 22.9 Å². The highest BCUT2D eigenvalue weighted by Gasteiger charge is 2.48. The van der Waals surface area contributed by atoms with Gasteiger partial charge in [-0.25, -0.2) is 23.2 Å². The van der Waals surface area contributed by atoms with Crippen LogP contribution in [0, 0.1) is 24.5 Å². The molecule has 1 saturated carbocycles. The molecule has 0 radical (unpaired) electrons. The molecule has 3 heterocycles. The zero-order valence-corrected chi connectivity index (χ0v) is 19.5. The molecule has 3 aromatic rings. The summed E-state index contributed by atoms with van der Waals surface area (Å²) in [6.45, 7) is 2.79. The number of anilines is 2. The van der Waals surface area contributed by atoms with Gasteiger partial charge in [0.05, 0.1) is 6.54 Å². The Kier molecular flexibility index (Phi) is 6.74. The average molecular weight is 490 g/mol. The first kappa shape index (κ1) is 23.9. The minimum atomic E-state index is -0.599. The second-order valence-electron chi connectivity index (χ2n) is 8.82. The van der Waals surface area contributed by atoms with Gasteiger partial charge in [-0.3, -0.25) is 4.90 Å². The summed E-state index contributed by atoms with van der Waals surface area (Å²) in [4.78, 5) is 18.0. The van der Waals surface area contributed by atoms with Crippen molar-refractivity contribution in [1.29, 1.82) is 0 Å². The zero-order valence-electron chi connectivity index (χ0n) is 18.7. The fourth-order valence-corrected chi connectivity index (χ4v) is 4.61. The van der Waals surface area contributed by atoms with Gasteiger partial charge in [-0.15, -0.1) is 12.4 Å². The third-order valence-corrected chi connectivity index (χ3v) is 6.47. The lowest BCUT2D eigenvalue weighted by atomic mass is 9.78. The van der Waals surface area contributed by atoms with E-state index in [-0.39, 0.29) is 24.0 Å².